The summed E-state index contributed by atoms with van der Waals surface area (Å²) in [6.07, 6.45) is 3.77. The summed E-state index contributed by atoms with van der Waals surface area (Å²) < 4.78 is 0. The van der Waals surface area contributed by atoms with Crippen LogP contribution in [0.1, 0.15) is 39.0 Å². The maximum absolute atomic E-state index is 10.2. The molecule has 0 saturated carbocycles. The molecule has 0 aromatic heterocycles. The number of halogens is 2. The van der Waals surface area contributed by atoms with E-state index in [1.165, 1.54) is 0 Å². The number of carboxylic acids is 1. The average molecular weight is 261 g/mol. The molecular weight excluding hydrogens is 239 g/mol. The summed E-state index contributed by atoms with van der Waals surface area (Å²) in [4.78, 5) is 10.2. The first kappa shape index (κ1) is 20.4. The molecular formula is C9H22Cl2N2O2. The molecule has 0 fully saturated rings. The molecule has 0 unspecified atom stereocenters. The highest BCUT2D eigenvalue weighted by Crippen LogP contribution is 2.05. The summed E-state index contributed by atoms with van der Waals surface area (Å²) in [5, 5.41) is 8.37. The molecule has 6 heteroatoms. The predicted octanol–water partition coefficient (Wildman–Crippen LogP) is 1.54. The van der Waals surface area contributed by atoms with Crippen LogP contribution < -0.4 is 11.5 Å². The Hall–Kier alpha value is -0.0300. The molecule has 5 N–H and O–H groups in total. The Morgan fingerprint density at radius 3 is 2.13 bits per heavy atom. The minimum atomic E-state index is -0.725. The number of hydrogen-bond donors (Lipinski definition) is 3. The average Bonchev–Trinajstić information content (AvgIpc) is 2.02. The molecule has 0 bridgehead atoms. The first-order chi connectivity index (χ1) is 6.04. The fourth-order valence-electron chi connectivity index (χ4n) is 1.10. The van der Waals surface area contributed by atoms with Gasteiger partial charge >= 0.3 is 5.97 Å². The van der Waals surface area contributed by atoms with Crippen LogP contribution in [-0.4, -0.2) is 23.2 Å². The lowest BCUT2D eigenvalue weighted by Gasteiger charge is -2.14. The van der Waals surface area contributed by atoms with Crippen LogP contribution in [0.4, 0.5) is 0 Å². The fourth-order valence-corrected chi connectivity index (χ4v) is 1.10. The number of aliphatic carboxylic acids is 1. The van der Waals surface area contributed by atoms with Gasteiger partial charge in [0.25, 0.3) is 0 Å². The quantitative estimate of drug-likeness (QED) is 0.606. The van der Waals surface area contributed by atoms with E-state index >= 15 is 0 Å². The number of carbonyl (C=O) groups is 1. The second-order valence-corrected chi connectivity index (χ2v) is 3.52. The molecule has 0 aliphatic heterocycles. The van der Waals surface area contributed by atoms with Gasteiger partial charge in [0.1, 0.15) is 0 Å². The Morgan fingerprint density at radius 2 is 1.73 bits per heavy atom. The predicted molar refractivity (Wildman–Crippen MR) is 66.8 cm³/mol. The van der Waals surface area contributed by atoms with E-state index in [9.17, 15) is 4.79 Å². The molecule has 0 aliphatic carbocycles. The maximum atomic E-state index is 10.2. The third kappa shape index (κ3) is 14.0. The van der Waals surface area contributed by atoms with Gasteiger partial charge in [-0.3, -0.25) is 4.79 Å². The van der Waals surface area contributed by atoms with Gasteiger partial charge in [0, 0.05) is 18.5 Å². The van der Waals surface area contributed by atoms with Crippen molar-refractivity contribution in [1.82, 2.24) is 0 Å². The summed E-state index contributed by atoms with van der Waals surface area (Å²) in [6, 6.07) is 0.0734. The van der Waals surface area contributed by atoms with Gasteiger partial charge in [-0.1, -0.05) is 12.8 Å². The standard InChI is InChI=1S/C9H20N2O2.2ClH/c1-7(10)8(11)5-3-2-4-6-9(12)13;;/h7-8H,2-6,10-11H2,1H3,(H,12,13);2*1H/t7-,8+;;/m0../s1. The van der Waals surface area contributed by atoms with Crippen molar-refractivity contribution in [1.29, 1.82) is 0 Å². The van der Waals surface area contributed by atoms with E-state index < -0.39 is 5.97 Å². The molecule has 0 saturated heterocycles. The summed E-state index contributed by atoms with van der Waals surface area (Å²) in [7, 11) is 0. The molecule has 4 nitrogen and oxygen atoms in total. The number of nitrogens with two attached hydrogens (primary N) is 2. The zero-order valence-corrected chi connectivity index (χ0v) is 10.6. The SMILES string of the molecule is C[C@H](N)[C@H](N)CCCCCC(=O)O.Cl.Cl. The number of carboxylic acid groups (broad SMARTS) is 1. The van der Waals surface area contributed by atoms with Crippen LogP contribution in [0.2, 0.25) is 0 Å². The summed E-state index contributed by atoms with van der Waals surface area (Å²) in [6.45, 7) is 1.89. The molecule has 0 heterocycles. The molecule has 0 radical (unpaired) electrons. The monoisotopic (exact) mass is 260 g/mol. The highest BCUT2D eigenvalue weighted by atomic mass is 35.5. The third-order valence-corrected chi connectivity index (χ3v) is 2.10. The molecule has 2 atom stereocenters. The Balaban J connectivity index is -0.000000720. The van der Waals surface area contributed by atoms with Crippen LogP contribution >= 0.6 is 24.8 Å². The lowest BCUT2D eigenvalue weighted by molar-refractivity contribution is -0.137. The third-order valence-electron chi connectivity index (χ3n) is 2.10. The Morgan fingerprint density at radius 1 is 1.20 bits per heavy atom. The maximum Gasteiger partial charge on any atom is 0.303 e. The van der Waals surface area contributed by atoms with Gasteiger partial charge < -0.3 is 16.6 Å². The van der Waals surface area contributed by atoms with Crippen molar-refractivity contribution >= 4 is 30.8 Å². The van der Waals surface area contributed by atoms with Crippen molar-refractivity contribution in [3.05, 3.63) is 0 Å². The van der Waals surface area contributed by atoms with Crippen LogP contribution in [0.3, 0.4) is 0 Å². The van der Waals surface area contributed by atoms with E-state index in [-0.39, 0.29) is 43.3 Å². The number of unbranched alkanes of at least 4 members (excludes halogenated alkanes) is 2. The molecule has 94 valence electrons. The first-order valence-corrected chi connectivity index (χ1v) is 4.77. The number of hydrogen-bond acceptors (Lipinski definition) is 3. The minimum Gasteiger partial charge on any atom is -0.481 e. The highest BCUT2D eigenvalue weighted by Gasteiger charge is 2.06. The van der Waals surface area contributed by atoms with Crippen LogP contribution in [0.15, 0.2) is 0 Å². The zero-order chi connectivity index (χ0) is 10.3. The molecule has 0 rings (SSSR count). The van der Waals surface area contributed by atoms with Gasteiger partial charge in [0.2, 0.25) is 0 Å². The molecule has 0 aliphatic rings. The normalized spacial score (nSPS) is 13.3. The molecule has 0 spiro atoms. The van der Waals surface area contributed by atoms with Crippen molar-refractivity contribution < 1.29 is 9.90 Å². The van der Waals surface area contributed by atoms with Gasteiger partial charge in [0.15, 0.2) is 0 Å². The van der Waals surface area contributed by atoms with Crippen molar-refractivity contribution in [2.45, 2.75) is 51.1 Å². The molecule has 0 amide bonds. The van der Waals surface area contributed by atoms with Crippen molar-refractivity contribution in [3.8, 4) is 0 Å². The second-order valence-electron chi connectivity index (χ2n) is 3.52. The van der Waals surface area contributed by atoms with Crippen molar-refractivity contribution in [2.24, 2.45) is 11.5 Å². The van der Waals surface area contributed by atoms with E-state index in [2.05, 4.69) is 0 Å². The highest BCUT2D eigenvalue weighted by molar-refractivity contribution is 5.85. The van der Waals surface area contributed by atoms with Crippen LogP contribution in [0, 0.1) is 0 Å². The van der Waals surface area contributed by atoms with E-state index in [0.717, 1.165) is 25.7 Å². The minimum absolute atomic E-state index is 0. The summed E-state index contributed by atoms with van der Waals surface area (Å²) in [5.74, 6) is -0.725. The van der Waals surface area contributed by atoms with Crippen LogP contribution in [-0.2, 0) is 4.79 Å². The second kappa shape index (κ2) is 12.0. The molecule has 0 aromatic rings. The Kier molecular flexibility index (Phi) is 16.4. The largest absolute Gasteiger partial charge is 0.481 e. The van der Waals surface area contributed by atoms with Crippen molar-refractivity contribution in [3.63, 3.8) is 0 Å². The molecule has 0 aromatic carbocycles. The fraction of sp³-hybridized carbons (Fsp3) is 0.889. The van der Waals surface area contributed by atoms with E-state index in [4.69, 9.17) is 16.6 Å². The number of rotatable bonds is 7. The lowest BCUT2D eigenvalue weighted by Crippen LogP contribution is -2.38. The Labute approximate surface area is 104 Å². The van der Waals surface area contributed by atoms with Gasteiger partial charge in [-0.2, -0.15) is 0 Å². The topological polar surface area (TPSA) is 89.3 Å². The van der Waals surface area contributed by atoms with Crippen molar-refractivity contribution in [2.75, 3.05) is 0 Å². The van der Waals surface area contributed by atoms with Gasteiger partial charge in [-0.15, -0.1) is 24.8 Å². The summed E-state index contributed by atoms with van der Waals surface area (Å²) >= 11 is 0. The van der Waals surface area contributed by atoms with Crippen LogP contribution in [0.5, 0.6) is 0 Å². The zero-order valence-electron chi connectivity index (χ0n) is 9.02. The Bertz CT molecular complexity index is 157. The van der Waals surface area contributed by atoms with Gasteiger partial charge in [-0.25, -0.2) is 0 Å². The first-order valence-electron chi connectivity index (χ1n) is 4.77. The summed E-state index contributed by atoms with van der Waals surface area (Å²) in [5.41, 5.74) is 11.3. The molecule has 15 heavy (non-hydrogen) atoms. The smallest absolute Gasteiger partial charge is 0.303 e. The van der Waals surface area contributed by atoms with E-state index in [0.29, 0.717) is 0 Å². The van der Waals surface area contributed by atoms with Gasteiger partial charge in [0.05, 0.1) is 0 Å². The van der Waals surface area contributed by atoms with E-state index in [1.807, 2.05) is 6.92 Å². The van der Waals surface area contributed by atoms with Crippen LogP contribution in [0.25, 0.3) is 0 Å². The lowest BCUT2D eigenvalue weighted by atomic mass is 10.0. The van der Waals surface area contributed by atoms with E-state index in [1.54, 1.807) is 0 Å². The van der Waals surface area contributed by atoms with Gasteiger partial charge in [-0.05, 0) is 19.8 Å².